The average Bonchev–Trinajstić information content (AvgIpc) is 2.82. The number of hydrazone groups is 1. The maximum Gasteiger partial charge on any atom is 0.343 e. The van der Waals surface area contributed by atoms with Gasteiger partial charge in [-0.15, -0.1) is 0 Å². The van der Waals surface area contributed by atoms with E-state index < -0.39 is 23.8 Å². The molecule has 11 heteroatoms. The van der Waals surface area contributed by atoms with Crippen molar-refractivity contribution in [2.45, 2.75) is 19.9 Å². The number of benzene rings is 2. The number of methoxy groups -OCH3 is 2. The smallest absolute Gasteiger partial charge is 0.343 e. The second-order valence-corrected chi connectivity index (χ2v) is 8.15. The summed E-state index contributed by atoms with van der Waals surface area (Å²) in [7, 11) is 2.71. The molecule has 0 aliphatic carbocycles. The first-order valence-electron chi connectivity index (χ1n) is 10.1. The highest BCUT2D eigenvalue weighted by Crippen LogP contribution is 2.27. The molecule has 2 aromatic carbocycles. The Balaban J connectivity index is 2.03. The van der Waals surface area contributed by atoms with Crippen molar-refractivity contribution in [3.63, 3.8) is 0 Å². The lowest BCUT2D eigenvalue weighted by Gasteiger charge is -2.20. The molecule has 2 N–H and O–H groups in total. The Kier molecular flexibility index (Phi) is 10.2. The highest BCUT2D eigenvalue weighted by Gasteiger charge is 2.24. The van der Waals surface area contributed by atoms with Gasteiger partial charge in [-0.2, -0.15) is 5.10 Å². The fourth-order valence-corrected chi connectivity index (χ4v) is 3.01. The van der Waals surface area contributed by atoms with E-state index in [1.807, 2.05) is 0 Å². The van der Waals surface area contributed by atoms with Gasteiger partial charge in [-0.3, -0.25) is 9.59 Å². The summed E-state index contributed by atoms with van der Waals surface area (Å²) in [5.41, 5.74) is 3.30. The average molecular weight is 510 g/mol. The minimum absolute atomic E-state index is 0.215. The van der Waals surface area contributed by atoms with Gasteiger partial charge in [-0.05, 0) is 47.9 Å². The van der Waals surface area contributed by atoms with E-state index in [4.69, 9.17) is 32.7 Å². The molecule has 0 spiro atoms. The number of ether oxygens (including phenoxy) is 3. The van der Waals surface area contributed by atoms with Crippen LogP contribution in [-0.4, -0.2) is 50.9 Å². The maximum atomic E-state index is 12.6. The van der Waals surface area contributed by atoms with Crippen LogP contribution in [0.25, 0.3) is 0 Å². The molecule has 0 aromatic heterocycles. The minimum Gasteiger partial charge on any atom is -0.493 e. The van der Waals surface area contributed by atoms with Crippen LogP contribution in [-0.2, 0) is 14.3 Å². The van der Waals surface area contributed by atoms with Crippen LogP contribution < -0.4 is 20.2 Å². The molecule has 1 unspecified atom stereocenters. The summed E-state index contributed by atoms with van der Waals surface area (Å²) in [4.78, 5) is 36.4. The second kappa shape index (κ2) is 12.8. The normalized spacial score (nSPS) is 11.7. The van der Waals surface area contributed by atoms with Gasteiger partial charge in [0.2, 0.25) is 0 Å². The summed E-state index contributed by atoms with van der Waals surface area (Å²) in [5.74, 6) is -0.991. The van der Waals surface area contributed by atoms with Gasteiger partial charge >= 0.3 is 5.97 Å². The number of halogens is 2. The van der Waals surface area contributed by atoms with Crippen LogP contribution in [0.5, 0.6) is 11.5 Å². The van der Waals surface area contributed by atoms with Crippen LogP contribution in [0.2, 0.25) is 10.0 Å². The molecule has 2 rings (SSSR count). The van der Waals surface area contributed by atoms with E-state index in [9.17, 15) is 14.4 Å². The Morgan fingerprint density at radius 2 is 1.76 bits per heavy atom. The molecule has 2 amide bonds. The van der Waals surface area contributed by atoms with Gasteiger partial charge in [0.25, 0.3) is 11.8 Å². The van der Waals surface area contributed by atoms with Crippen LogP contribution in [0.1, 0.15) is 29.8 Å². The van der Waals surface area contributed by atoms with E-state index >= 15 is 0 Å². The monoisotopic (exact) mass is 509 g/mol. The van der Waals surface area contributed by atoms with Crippen LogP contribution in [0, 0.1) is 5.92 Å². The minimum atomic E-state index is -0.845. The van der Waals surface area contributed by atoms with Gasteiger partial charge in [0.15, 0.2) is 18.1 Å². The van der Waals surface area contributed by atoms with Crippen molar-refractivity contribution in [2.24, 2.45) is 11.0 Å². The summed E-state index contributed by atoms with van der Waals surface area (Å²) < 4.78 is 15.1. The Morgan fingerprint density at radius 1 is 1.03 bits per heavy atom. The first-order chi connectivity index (χ1) is 16.2. The zero-order valence-corrected chi connectivity index (χ0v) is 20.6. The topological polar surface area (TPSA) is 115 Å². The van der Waals surface area contributed by atoms with Crippen LogP contribution in [0.15, 0.2) is 41.5 Å². The fraction of sp³-hybridized carbons (Fsp3) is 0.304. The molecule has 0 saturated carbocycles. The predicted molar refractivity (Wildman–Crippen MR) is 129 cm³/mol. The standard InChI is InChI=1S/C23H25Cl2N3O6/c1-13(2)21(27-22(30)15-6-7-16(24)17(25)10-15)23(31)28-26-11-14-5-8-18(19(9-14)32-3)34-12-20(29)33-4/h5-11,13,21H,12H2,1-4H3,(H,27,30)(H,28,31)/b26-11+. The Hall–Kier alpha value is -3.30. The Labute approximate surface area is 207 Å². The first-order valence-corrected chi connectivity index (χ1v) is 10.9. The molecule has 34 heavy (non-hydrogen) atoms. The summed E-state index contributed by atoms with van der Waals surface area (Å²) in [6.45, 7) is 3.32. The lowest BCUT2D eigenvalue weighted by Crippen LogP contribution is -2.48. The third-order valence-electron chi connectivity index (χ3n) is 4.57. The second-order valence-electron chi connectivity index (χ2n) is 7.33. The van der Waals surface area contributed by atoms with Gasteiger partial charge in [-0.25, -0.2) is 10.2 Å². The molecule has 2 aromatic rings. The van der Waals surface area contributed by atoms with Crippen LogP contribution in [0.4, 0.5) is 0 Å². The highest BCUT2D eigenvalue weighted by molar-refractivity contribution is 6.42. The largest absolute Gasteiger partial charge is 0.493 e. The zero-order valence-electron chi connectivity index (χ0n) is 19.1. The molecule has 0 aliphatic heterocycles. The zero-order chi connectivity index (χ0) is 25.3. The third-order valence-corrected chi connectivity index (χ3v) is 5.31. The van der Waals surface area contributed by atoms with Crippen molar-refractivity contribution in [1.82, 2.24) is 10.7 Å². The van der Waals surface area contributed by atoms with Gasteiger partial charge in [0.1, 0.15) is 6.04 Å². The molecule has 0 bridgehead atoms. The molecule has 0 aliphatic rings. The Bertz CT molecular complexity index is 1070. The number of rotatable bonds is 10. The van der Waals surface area contributed by atoms with Crippen LogP contribution in [0.3, 0.4) is 0 Å². The molecule has 0 fully saturated rings. The molecule has 1 atom stereocenters. The van der Waals surface area contributed by atoms with Crippen molar-refractivity contribution in [2.75, 3.05) is 20.8 Å². The number of hydrogen-bond acceptors (Lipinski definition) is 7. The maximum absolute atomic E-state index is 12.6. The fourth-order valence-electron chi connectivity index (χ4n) is 2.72. The number of nitrogens with one attached hydrogen (secondary N) is 2. The number of amides is 2. The predicted octanol–water partition coefficient (Wildman–Crippen LogP) is 3.46. The van der Waals surface area contributed by atoms with E-state index in [2.05, 4.69) is 20.6 Å². The van der Waals surface area contributed by atoms with Gasteiger partial charge < -0.3 is 19.5 Å². The molecular weight excluding hydrogens is 485 g/mol. The SMILES string of the molecule is COC(=O)COc1ccc(/C=N/NC(=O)C(NC(=O)c2ccc(Cl)c(Cl)c2)C(C)C)cc1OC. The number of hydrogen-bond donors (Lipinski definition) is 2. The highest BCUT2D eigenvalue weighted by atomic mass is 35.5. The van der Waals surface area contributed by atoms with Crippen molar-refractivity contribution in [3.8, 4) is 11.5 Å². The van der Waals surface area contributed by atoms with E-state index in [-0.39, 0.29) is 23.1 Å². The molecule has 182 valence electrons. The number of carbonyl (C=O) groups excluding carboxylic acids is 3. The molecule has 9 nitrogen and oxygen atoms in total. The van der Waals surface area contributed by atoms with E-state index in [0.717, 1.165) is 0 Å². The third kappa shape index (κ3) is 7.64. The van der Waals surface area contributed by atoms with E-state index in [1.54, 1.807) is 32.0 Å². The first kappa shape index (κ1) is 26.9. The quantitative estimate of drug-likeness (QED) is 0.288. The molecule has 0 heterocycles. The van der Waals surface area contributed by atoms with Crippen LogP contribution >= 0.6 is 23.2 Å². The Morgan fingerprint density at radius 3 is 2.38 bits per heavy atom. The van der Waals surface area contributed by atoms with Crippen molar-refractivity contribution in [3.05, 3.63) is 57.6 Å². The molecule has 0 saturated heterocycles. The van der Waals surface area contributed by atoms with Crippen molar-refractivity contribution in [1.29, 1.82) is 0 Å². The van der Waals surface area contributed by atoms with Gasteiger partial charge in [0, 0.05) is 5.56 Å². The summed E-state index contributed by atoms with van der Waals surface area (Å²) in [6.07, 6.45) is 1.41. The van der Waals surface area contributed by atoms with E-state index in [1.165, 1.54) is 38.6 Å². The summed E-state index contributed by atoms with van der Waals surface area (Å²) in [5, 5.41) is 7.20. The van der Waals surface area contributed by atoms with Gasteiger partial charge in [0.05, 0.1) is 30.5 Å². The van der Waals surface area contributed by atoms with Crippen molar-refractivity contribution < 1.29 is 28.6 Å². The lowest BCUT2D eigenvalue weighted by molar-refractivity contribution is -0.142. The summed E-state index contributed by atoms with van der Waals surface area (Å²) in [6, 6.07) is 8.49. The number of carbonyl (C=O) groups is 3. The molecule has 0 radical (unpaired) electrons. The van der Waals surface area contributed by atoms with E-state index in [0.29, 0.717) is 22.1 Å². The van der Waals surface area contributed by atoms with Gasteiger partial charge in [-0.1, -0.05) is 37.0 Å². The number of nitrogens with zero attached hydrogens (tertiary/aromatic N) is 1. The lowest BCUT2D eigenvalue weighted by atomic mass is 10.0. The number of esters is 1. The van der Waals surface area contributed by atoms with Crippen molar-refractivity contribution >= 4 is 47.2 Å². The molecular formula is C23H25Cl2N3O6. The summed E-state index contributed by atoms with van der Waals surface area (Å²) >= 11 is 11.9.